The van der Waals surface area contributed by atoms with Gasteiger partial charge in [-0.3, -0.25) is 28.7 Å². The molecule has 13 nitrogen and oxygen atoms in total. The van der Waals surface area contributed by atoms with Crippen molar-refractivity contribution in [3.8, 4) is 0 Å². The number of halogens is 3. The van der Waals surface area contributed by atoms with Crippen LogP contribution in [0, 0.1) is 0 Å². The lowest BCUT2D eigenvalue weighted by Crippen LogP contribution is -2.61. The number of rotatable bonds is 5. The average Bonchev–Trinajstić information content (AvgIpc) is 2.99. The largest absolute Gasteiger partial charge is 0.523 e. The summed E-state index contributed by atoms with van der Waals surface area (Å²) < 4.78 is 79.0. The standard InChI is InChI=1S/C14H15F3N2O11S/c1-5(20)19-12(24)18-11(23)13(19)10(29-7(3)22)9(28-6(2)21)8(30-13)4-27-31(25,26)14(15,16)17/h8-10H,4H2,1-3H3,(H,18,23,24)/t8-,9-,10-,13+/m1/s1. The molecule has 0 unspecified atom stereocenters. The molecule has 0 aliphatic carbocycles. The Bertz CT molecular complexity index is 934. The minimum atomic E-state index is -6.14. The van der Waals surface area contributed by atoms with Crippen LogP contribution in [0.2, 0.25) is 0 Å². The lowest BCUT2D eigenvalue weighted by molar-refractivity contribution is -0.191. The number of carbonyl (C=O) groups is 5. The number of hydrogen-bond donors (Lipinski definition) is 1. The molecule has 0 saturated carbocycles. The maximum Gasteiger partial charge on any atom is 0.523 e. The molecule has 2 rings (SSSR count). The van der Waals surface area contributed by atoms with Crippen LogP contribution in [0.4, 0.5) is 18.0 Å². The molecule has 0 aromatic heterocycles. The third kappa shape index (κ3) is 4.33. The molecule has 174 valence electrons. The topological polar surface area (TPSA) is 172 Å². The molecule has 4 amide bonds. The van der Waals surface area contributed by atoms with E-state index < -0.39 is 76.1 Å². The molecule has 0 bridgehead atoms. The average molecular weight is 476 g/mol. The smallest absolute Gasteiger partial charge is 0.455 e. The van der Waals surface area contributed by atoms with E-state index in [0.29, 0.717) is 0 Å². The van der Waals surface area contributed by atoms with Crippen molar-refractivity contribution in [3.05, 3.63) is 0 Å². The highest BCUT2D eigenvalue weighted by atomic mass is 32.2. The van der Waals surface area contributed by atoms with Gasteiger partial charge in [0, 0.05) is 20.8 Å². The van der Waals surface area contributed by atoms with Gasteiger partial charge in [0.25, 0.3) is 11.6 Å². The molecular formula is C14H15F3N2O11S. The van der Waals surface area contributed by atoms with Gasteiger partial charge in [0.05, 0.1) is 6.61 Å². The molecular weight excluding hydrogens is 461 g/mol. The van der Waals surface area contributed by atoms with Gasteiger partial charge in [0.1, 0.15) is 6.10 Å². The molecule has 0 radical (unpaired) electrons. The second-order valence-corrected chi connectivity index (χ2v) is 7.86. The van der Waals surface area contributed by atoms with Crippen LogP contribution in [0.25, 0.3) is 0 Å². The van der Waals surface area contributed by atoms with E-state index in [1.54, 1.807) is 5.32 Å². The molecule has 0 aromatic carbocycles. The quantitative estimate of drug-likeness (QED) is 0.221. The molecule has 0 aromatic rings. The number of hydrogen-bond acceptors (Lipinski definition) is 11. The molecule has 1 spiro atoms. The minimum absolute atomic E-state index is 0.164. The van der Waals surface area contributed by atoms with Gasteiger partial charge in [-0.05, 0) is 0 Å². The van der Waals surface area contributed by atoms with E-state index >= 15 is 0 Å². The van der Waals surface area contributed by atoms with Gasteiger partial charge in [-0.1, -0.05) is 0 Å². The molecule has 2 aliphatic rings. The number of esters is 2. The predicted octanol–water partition coefficient (Wildman–Crippen LogP) is -1.09. The van der Waals surface area contributed by atoms with Gasteiger partial charge in [0.15, 0.2) is 12.2 Å². The molecule has 2 heterocycles. The number of imide groups is 2. The Morgan fingerprint density at radius 2 is 1.68 bits per heavy atom. The summed E-state index contributed by atoms with van der Waals surface area (Å²) >= 11 is 0. The first-order valence-corrected chi connectivity index (χ1v) is 9.59. The van der Waals surface area contributed by atoms with Crippen molar-refractivity contribution in [3.63, 3.8) is 0 Å². The van der Waals surface area contributed by atoms with Crippen molar-refractivity contribution in [2.45, 2.75) is 50.3 Å². The Balaban J connectivity index is 2.55. The van der Waals surface area contributed by atoms with Crippen LogP contribution in [0.1, 0.15) is 20.8 Å². The SMILES string of the molecule is CC(=O)O[C@H]1[C@@H](OC(C)=O)[C@]2(O[C@@H]1COS(=O)(=O)C(F)(F)F)C(=O)NC(=O)N2C(C)=O. The summed E-state index contributed by atoms with van der Waals surface area (Å²) in [5.74, 6) is -4.72. The lowest BCUT2D eigenvalue weighted by Gasteiger charge is -2.33. The van der Waals surface area contributed by atoms with Crippen LogP contribution in [-0.4, -0.2) is 79.3 Å². The van der Waals surface area contributed by atoms with Crippen molar-refractivity contribution in [2.75, 3.05) is 6.61 Å². The summed E-state index contributed by atoms with van der Waals surface area (Å²) in [4.78, 5) is 59.8. The number of urea groups is 1. The van der Waals surface area contributed by atoms with Gasteiger partial charge >= 0.3 is 33.6 Å². The second kappa shape index (κ2) is 8.04. The Kier molecular flexibility index (Phi) is 6.35. The minimum Gasteiger partial charge on any atom is -0.455 e. The Morgan fingerprint density at radius 1 is 1.13 bits per heavy atom. The van der Waals surface area contributed by atoms with Crippen molar-refractivity contribution in [2.24, 2.45) is 0 Å². The third-order valence-corrected chi connectivity index (χ3v) is 5.06. The van der Waals surface area contributed by atoms with Crippen LogP contribution in [0.15, 0.2) is 0 Å². The number of nitrogens with one attached hydrogen (secondary N) is 1. The monoisotopic (exact) mass is 476 g/mol. The Hall–Kier alpha value is -2.79. The number of carbonyl (C=O) groups excluding carboxylic acids is 5. The predicted molar refractivity (Wildman–Crippen MR) is 85.7 cm³/mol. The van der Waals surface area contributed by atoms with Crippen LogP contribution in [0.5, 0.6) is 0 Å². The van der Waals surface area contributed by atoms with Gasteiger partial charge in [0.2, 0.25) is 5.91 Å². The second-order valence-electron chi connectivity index (χ2n) is 6.25. The van der Waals surface area contributed by atoms with Crippen LogP contribution >= 0.6 is 0 Å². The molecule has 2 saturated heterocycles. The van der Waals surface area contributed by atoms with Crippen molar-refractivity contribution >= 4 is 39.9 Å². The maximum absolute atomic E-state index is 12.6. The highest BCUT2D eigenvalue weighted by Crippen LogP contribution is 2.42. The molecule has 2 aliphatic heterocycles. The summed E-state index contributed by atoms with van der Waals surface area (Å²) in [5.41, 5.74) is -8.62. The van der Waals surface area contributed by atoms with Gasteiger partial charge in [-0.2, -0.15) is 21.6 Å². The van der Waals surface area contributed by atoms with E-state index in [0.717, 1.165) is 20.8 Å². The third-order valence-electron chi connectivity index (χ3n) is 4.04. The first-order chi connectivity index (χ1) is 14.0. The summed E-state index contributed by atoms with van der Waals surface area (Å²) in [6, 6.07) is -1.33. The number of ether oxygens (including phenoxy) is 3. The first kappa shape index (κ1) is 24.5. The van der Waals surface area contributed by atoms with Crippen molar-refractivity contribution in [1.82, 2.24) is 10.2 Å². The van der Waals surface area contributed by atoms with Crippen molar-refractivity contribution < 1.29 is 64.0 Å². The van der Waals surface area contributed by atoms with E-state index in [2.05, 4.69) is 4.18 Å². The molecule has 17 heteroatoms. The Morgan fingerprint density at radius 3 is 2.13 bits per heavy atom. The van der Waals surface area contributed by atoms with Crippen molar-refractivity contribution in [1.29, 1.82) is 0 Å². The Labute approximate surface area is 171 Å². The molecule has 2 fully saturated rings. The summed E-state index contributed by atoms with van der Waals surface area (Å²) in [6.45, 7) is 1.01. The lowest BCUT2D eigenvalue weighted by atomic mass is 10.0. The fraction of sp³-hybridized carbons (Fsp3) is 0.643. The van der Waals surface area contributed by atoms with E-state index in [4.69, 9.17) is 14.2 Å². The van der Waals surface area contributed by atoms with Gasteiger partial charge in [-0.15, -0.1) is 0 Å². The zero-order chi connectivity index (χ0) is 23.9. The van der Waals surface area contributed by atoms with E-state index in [1.807, 2.05) is 0 Å². The molecule has 1 N–H and O–H groups in total. The highest BCUT2D eigenvalue weighted by molar-refractivity contribution is 7.87. The summed E-state index contributed by atoms with van der Waals surface area (Å²) in [6.07, 6.45) is -6.00. The zero-order valence-corrected chi connectivity index (χ0v) is 16.7. The fourth-order valence-electron chi connectivity index (χ4n) is 3.02. The van der Waals surface area contributed by atoms with Gasteiger partial charge < -0.3 is 14.2 Å². The number of nitrogens with zero attached hydrogens (tertiary/aromatic N) is 1. The maximum atomic E-state index is 12.6. The fourth-order valence-corrected chi connectivity index (χ4v) is 3.47. The highest BCUT2D eigenvalue weighted by Gasteiger charge is 2.72. The first-order valence-electron chi connectivity index (χ1n) is 8.18. The normalized spacial score (nSPS) is 28.6. The van der Waals surface area contributed by atoms with E-state index in [-0.39, 0.29) is 4.90 Å². The van der Waals surface area contributed by atoms with E-state index in [1.165, 1.54) is 0 Å². The van der Waals surface area contributed by atoms with Crippen LogP contribution in [-0.2, 0) is 47.7 Å². The number of amides is 4. The van der Waals surface area contributed by atoms with E-state index in [9.17, 15) is 45.6 Å². The summed E-state index contributed by atoms with van der Waals surface area (Å²) in [7, 11) is -6.14. The van der Waals surface area contributed by atoms with Crippen LogP contribution < -0.4 is 5.32 Å². The zero-order valence-electron chi connectivity index (χ0n) is 15.9. The van der Waals surface area contributed by atoms with Gasteiger partial charge in [-0.25, -0.2) is 9.69 Å². The van der Waals surface area contributed by atoms with Crippen LogP contribution in [0.3, 0.4) is 0 Å². The molecule has 4 atom stereocenters. The summed E-state index contributed by atoms with van der Waals surface area (Å²) in [5, 5.41) is 1.71. The number of alkyl halides is 3. The molecule has 31 heavy (non-hydrogen) atoms.